The molecule has 68 valence electrons. The van der Waals surface area contributed by atoms with Crippen molar-refractivity contribution < 1.29 is 9.90 Å². The van der Waals surface area contributed by atoms with Crippen LogP contribution in [0.25, 0.3) is 0 Å². The van der Waals surface area contributed by atoms with Crippen LogP contribution in [0.15, 0.2) is 0 Å². The van der Waals surface area contributed by atoms with Gasteiger partial charge in [-0.15, -0.1) is 11.6 Å². The molecule has 0 saturated heterocycles. The molecule has 0 aromatic heterocycles. The van der Waals surface area contributed by atoms with E-state index >= 15 is 0 Å². The van der Waals surface area contributed by atoms with Gasteiger partial charge in [-0.1, -0.05) is 26.2 Å². The average Bonchev–Trinajstić information content (AvgIpc) is 2.02. The highest BCUT2D eigenvalue weighted by Crippen LogP contribution is 2.01. The monoisotopic (exact) mass is 180 g/mol. The van der Waals surface area contributed by atoms with E-state index in [4.69, 9.17) is 5.11 Å². The number of hydrogen-bond donors (Lipinski definition) is 1. The van der Waals surface area contributed by atoms with Crippen molar-refractivity contribution in [3.63, 3.8) is 0 Å². The number of rotatable bonds is 5. The molecule has 0 aliphatic heterocycles. The Bertz CT molecular complexity index is 84.2. The van der Waals surface area contributed by atoms with E-state index in [1.165, 1.54) is 12.8 Å². The van der Waals surface area contributed by atoms with Crippen molar-refractivity contribution in [3.8, 4) is 0 Å². The summed E-state index contributed by atoms with van der Waals surface area (Å²) < 4.78 is 0. The topological polar surface area (TPSA) is 37.3 Å². The Hall–Kier alpha value is -0.240. The Kier molecular flexibility index (Phi) is 15.1. The molecular weight excluding hydrogens is 164 g/mol. The maximum absolute atomic E-state index is 9.96. The molecular formula is C8H17ClO2. The van der Waals surface area contributed by atoms with Crippen LogP contribution in [0.4, 0.5) is 0 Å². The Morgan fingerprint density at radius 1 is 1.27 bits per heavy atom. The van der Waals surface area contributed by atoms with Crippen LogP contribution in [0.3, 0.4) is 0 Å². The zero-order valence-corrected chi connectivity index (χ0v) is 8.02. The third-order valence-corrected chi connectivity index (χ3v) is 1.24. The van der Waals surface area contributed by atoms with E-state index < -0.39 is 5.97 Å². The third kappa shape index (κ3) is 17.7. The number of unbranched alkanes of at least 4 members (excludes halogenated alkanes) is 3. The van der Waals surface area contributed by atoms with Crippen LogP contribution >= 0.6 is 11.6 Å². The summed E-state index contributed by atoms with van der Waals surface area (Å²) in [6, 6.07) is 0. The molecule has 0 saturated carbocycles. The van der Waals surface area contributed by atoms with Gasteiger partial charge in [0.15, 0.2) is 0 Å². The SMILES string of the molecule is CCCCCCC(=O)O.CCl. The molecule has 1 N–H and O–H groups in total. The molecule has 0 radical (unpaired) electrons. The minimum Gasteiger partial charge on any atom is -0.481 e. The minimum atomic E-state index is -0.675. The number of aliphatic carboxylic acids is 1. The van der Waals surface area contributed by atoms with Crippen LogP contribution in [0, 0.1) is 0 Å². The standard InChI is InChI=1S/C7H14O2.CH3Cl/c1-2-3-4-5-6-7(8)9;1-2/h2-6H2,1H3,(H,8,9);1H3. The van der Waals surface area contributed by atoms with Crippen molar-refractivity contribution in [3.05, 3.63) is 0 Å². The number of alkyl halides is 1. The minimum absolute atomic E-state index is 0.333. The first kappa shape index (κ1) is 13.4. The molecule has 0 bridgehead atoms. The fourth-order valence-electron chi connectivity index (χ4n) is 0.703. The van der Waals surface area contributed by atoms with Crippen molar-refractivity contribution in [1.29, 1.82) is 0 Å². The third-order valence-electron chi connectivity index (χ3n) is 1.24. The molecule has 0 spiro atoms. The van der Waals surface area contributed by atoms with E-state index in [0.717, 1.165) is 19.3 Å². The smallest absolute Gasteiger partial charge is 0.303 e. The van der Waals surface area contributed by atoms with E-state index in [-0.39, 0.29) is 0 Å². The van der Waals surface area contributed by atoms with Crippen molar-refractivity contribution in [2.24, 2.45) is 0 Å². The van der Waals surface area contributed by atoms with E-state index in [9.17, 15) is 4.79 Å². The molecule has 11 heavy (non-hydrogen) atoms. The molecule has 0 unspecified atom stereocenters. The normalized spacial score (nSPS) is 8.27. The predicted octanol–water partition coefficient (Wildman–Crippen LogP) is 2.90. The lowest BCUT2D eigenvalue weighted by molar-refractivity contribution is -0.137. The van der Waals surface area contributed by atoms with Gasteiger partial charge in [0, 0.05) is 12.8 Å². The lowest BCUT2D eigenvalue weighted by Gasteiger charge is -1.92. The van der Waals surface area contributed by atoms with Crippen molar-refractivity contribution in [2.45, 2.75) is 39.0 Å². The summed E-state index contributed by atoms with van der Waals surface area (Å²) in [4.78, 5) is 9.96. The Morgan fingerprint density at radius 2 is 1.82 bits per heavy atom. The maximum Gasteiger partial charge on any atom is 0.303 e. The lowest BCUT2D eigenvalue weighted by atomic mass is 10.2. The first-order chi connectivity index (χ1) is 5.27. The molecule has 0 heterocycles. The van der Waals surface area contributed by atoms with Crippen LogP contribution in [-0.4, -0.2) is 17.5 Å². The van der Waals surface area contributed by atoms with Gasteiger partial charge >= 0.3 is 5.97 Å². The molecule has 3 heteroatoms. The largest absolute Gasteiger partial charge is 0.481 e. The molecule has 2 nitrogen and oxygen atoms in total. The zero-order chi connectivity index (χ0) is 9.11. The first-order valence-electron chi connectivity index (χ1n) is 3.87. The van der Waals surface area contributed by atoms with Gasteiger partial charge in [-0.3, -0.25) is 4.79 Å². The van der Waals surface area contributed by atoms with E-state index in [2.05, 4.69) is 18.5 Å². The number of halogens is 1. The van der Waals surface area contributed by atoms with Crippen molar-refractivity contribution in [1.82, 2.24) is 0 Å². The van der Waals surface area contributed by atoms with Crippen LogP contribution in [-0.2, 0) is 4.79 Å². The van der Waals surface area contributed by atoms with Gasteiger partial charge in [-0.2, -0.15) is 0 Å². The van der Waals surface area contributed by atoms with Gasteiger partial charge in [0.1, 0.15) is 0 Å². The highest BCUT2D eigenvalue weighted by atomic mass is 35.5. The molecule has 0 aromatic carbocycles. The number of carboxylic acid groups (broad SMARTS) is 1. The molecule has 0 amide bonds. The second-order valence-corrected chi connectivity index (χ2v) is 2.20. The summed E-state index contributed by atoms with van der Waals surface area (Å²) in [5.41, 5.74) is 0. The number of carbonyl (C=O) groups is 1. The summed E-state index contributed by atoms with van der Waals surface area (Å²) in [6.45, 7) is 2.11. The summed E-state index contributed by atoms with van der Waals surface area (Å²) in [6.07, 6.45) is 6.03. The van der Waals surface area contributed by atoms with Gasteiger partial charge in [0.05, 0.1) is 0 Å². The van der Waals surface area contributed by atoms with Crippen molar-refractivity contribution in [2.75, 3.05) is 6.38 Å². The Labute approximate surface area is 73.6 Å². The Morgan fingerprint density at radius 3 is 2.18 bits per heavy atom. The molecule has 0 aromatic rings. The van der Waals surface area contributed by atoms with Gasteiger partial charge in [-0.05, 0) is 6.42 Å². The average molecular weight is 181 g/mol. The zero-order valence-electron chi connectivity index (χ0n) is 7.27. The highest BCUT2D eigenvalue weighted by Gasteiger charge is 1.93. The maximum atomic E-state index is 9.96. The molecule has 0 aliphatic rings. The highest BCUT2D eigenvalue weighted by molar-refractivity contribution is 6.15. The van der Waals surface area contributed by atoms with Gasteiger partial charge in [0.2, 0.25) is 0 Å². The van der Waals surface area contributed by atoms with E-state index in [1.54, 1.807) is 0 Å². The van der Waals surface area contributed by atoms with Crippen LogP contribution < -0.4 is 0 Å². The van der Waals surface area contributed by atoms with E-state index in [0.29, 0.717) is 6.42 Å². The quantitative estimate of drug-likeness (QED) is 0.522. The van der Waals surface area contributed by atoms with E-state index in [1.807, 2.05) is 0 Å². The number of hydrogen-bond acceptors (Lipinski definition) is 1. The summed E-state index contributed by atoms with van der Waals surface area (Å²) in [5, 5.41) is 8.21. The molecule has 0 rings (SSSR count). The second-order valence-electron chi connectivity index (χ2n) is 2.20. The van der Waals surface area contributed by atoms with Crippen LogP contribution in [0.1, 0.15) is 39.0 Å². The van der Waals surface area contributed by atoms with Crippen LogP contribution in [0.5, 0.6) is 0 Å². The second kappa shape index (κ2) is 12.4. The van der Waals surface area contributed by atoms with Crippen LogP contribution in [0.2, 0.25) is 0 Å². The van der Waals surface area contributed by atoms with Gasteiger partial charge < -0.3 is 5.11 Å². The molecule has 0 atom stereocenters. The number of carboxylic acids is 1. The summed E-state index contributed by atoms with van der Waals surface area (Å²) in [5.74, 6) is -0.675. The molecule has 0 fully saturated rings. The van der Waals surface area contributed by atoms with Crippen molar-refractivity contribution >= 4 is 17.6 Å². The first-order valence-corrected chi connectivity index (χ1v) is 4.62. The van der Waals surface area contributed by atoms with Gasteiger partial charge in [-0.25, -0.2) is 0 Å². The predicted molar refractivity (Wildman–Crippen MR) is 48.2 cm³/mol. The fraction of sp³-hybridized carbons (Fsp3) is 0.875. The summed E-state index contributed by atoms with van der Waals surface area (Å²) >= 11 is 4.64. The van der Waals surface area contributed by atoms with Gasteiger partial charge in [0.25, 0.3) is 0 Å². The Balaban J connectivity index is 0. The fourth-order valence-corrected chi connectivity index (χ4v) is 0.703. The lowest BCUT2D eigenvalue weighted by Crippen LogP contribution is -1.92. The molecule has 0 aliphatic carbocycles. The summed E-state index contributed by atoms with van der Waals surface area (Å²) in [7, 11) is 0.